The third kappa shape index (κ3) is 3.56. The lowest BCUT2D eigenvalue weighted by Crippen LogP contribution is -2.19. The number of nitrogens with one attached hydrogen (secondary N) is 2. The van der Waals surface area contributed by atoms with Crippen molar-refractivity contribution in [1.29, 1.82) is 0 Å². The summed E-state index contributed by atoms with van der Waals surface area (Å²) < 4.78 is 0.864. The molecule has 2 aromatic rings. The van der Waals surface area contributed by atoms with Crippen LogP contribution in [-0.2, 0) is 0 Å². The molecular weight excluding hydrogens is 294 g/mol. The fourth-order valence-electron chi connectivity index (χ4n) is 1.39. The van der Waals surface area contributed by atoms with Crippen molar-refractivity contribution in [3.8, 4) is 0 Å². The molecule has 0 fully saturated rings. The quantitative estimate of drug-likeness (QED) is 0.886. The first-order valence-electron chi connectivity index (χ1n) is 5.40. The lowest BCUT2D eigenvalue weighted by molar-refractivity contribution is 0.262. The van der Waals surface area contributed by atoms with Crippen molar-refractivity contribution in [2.24, 2.45) is 0 Å². The molecule has 4 nitrogen and oxygen atoms in total. The van der Waals surface area contributed by atoms with E-state index in [9.17, 15) is 4.79 Å². The average molecular weight is 306 g/mol. The minimum Gasteiger partial charge on any atom is -0.308 e. The maximum Gasteiger partial charge on any atom is 0.324 e. The monoisotopic (exact) mass is 305 g/mol. The minimum atomic E-state index is -0.315. The molecule has 92 valence electrons. The SMILES string of the molecule is Cc1ccc(NC(=O)Nc2cc(Br)ccn2)cc1. The van der Waals surface area contributed by atoms with Crippen LogP contribution in [0, 0.1) is 6.92 Å². The first-order valence-corrected chi connectivity index (χ1v) is 6.19. The molecule has 18 heavy (non-hydrogen) atoms. The second-order valence-corrected chi connectivity index (χ2v) is 4.72. The van der Waals surface area contributed by atoms with Gasteiger partial charge in [-0.2, -0.15) is 0 Å². The van der Waals surface area contributed by atoms with E-state index >= 15 is 0 Å². The van der Waals surface area contributed by atoms with Gasteiger partial charge >= 0.3 is 6.03 Å². The smallest absolute Gasteiger partial charge is 0.308 e. The number of carbonyl (C=O) groups excluding carboxylic acids is 1. The van der Waals surface area contributed by atoms with Crippen LogP contribution in [-0.4, -0.2) is 11.0 Å². The van der Waals surface area contributed by atoms with Crippen LogP contribution in [0.4, 0.5) is 16.3 Å². The predicted molar refractivity (Wildman–Crippen MR) is 75.8 cm³/mol. The van der Waals surface area contributed by atoms with Gasteiger partial charge in [0.15, 0.2) is 0 Å². The van der Waals surface area contributed by atoms with Gasteiger partial charge in [-0.1, -0.05) is 33.6 Å². The number of hydrogen-bond donors (Lipinski definition) is 2. The largest absolute Gasteiger partial charge is 0.324 e. The van der Waals surface area contributed by atoms with Crippen molar-refractivity contribution < 1.29 is 4.79 Å². The van der Waals surface area contributed by atoms with Crippen molar-refractivity contribution in [3.63, 3.8) is 0 Å². The highest BCUT2D eigenvalue weighted by molar-refractivity contribution is 9.10. The van der Waals surface area contributed by atoms with Crippen LogP contribution in [0.1, 0.15) is 5.56 Å². The number of benzene rings is 1. The van der Waals surface area contributed by atoms with Crippen molar-refractivity contribution in [3.05, 3.63) is 52.6 Å². The molecule has 1 aromatic carbocycles. The van der Waals surface area contributed by atoms with E-state index in [1.807, 2.05) is 31.2 Å². The van der Waals surface area contributed by atoms with Crippen LogP contribution in [0.5, 0.6) is 0 Å². The van der Waals surface area contributed by atoms with Crippen LogP contribution in [0.25, 0.3) is 0 Å². The second kappa shape index (κ2) is 5.64. The summed E-state index contributed by atoms with van der Waals surface area (Å²) in [6.45, 7) is 2.00. The van der Waals surface area contributed by atoms with Crippen molar-refractivity contribution >= 4 is 33.5 Å². The van der Waals surface area contributed by atoms with Gasteiger partial charge in [-0.15, -0.1) is 0 Å². The summed E-state index contributed by atoms with van der Waals surface area (Å²) in [4.78, 5) is 15.7. The Hall–Kier alpha value is -1.88. The van der Waals surface area contributed by atoms with Gasteiger partial charge < -0.3 is 5.32 Å². The number of aryl methyl sites for hydroxylation is 1. The third-order valence-electron chi connectivity index (χ3n) is 2.27. The molecule has 0 saturated carbocycles. The van der Waals surface area contributed by atoms with Gasteiger partial charge in [0, 0.05) is 16.4 Å². The van der Waals surface area contributed by atoms with Gasteiger partial charge in [0.25, 0.3) is 0 Å². The molecule has 0 radical (unpaired) electrons. The number of halogens is 1. The zero-order valence-corrected chi connectivity index (χ0v) is 11.4. The van der Waals surface area contributed by atoms with Crippen molar-refractivity contribution in [2.45, 2.75) is 6.92 Å². The first-order chi connectivity index (χ1) is 8.63. The Bertz CT molecular complexity index is 554. The number of pyridine rings is 1. The maximum absolute atomic E-state index is 11.7. The molecule has 0 aliphatic carbocycles. The molecule has 0 saturated heterocycles. The number of aromatic nitrogens is 1. The van der Waals surface area contributed by atoms with E-state index in [-0.39, 0.29) is 6.03 Å². The van der Waals surface area contributed by atoms with Gasteiger partial charge in [0.2, 0.25) is 0 Å². The van der Waals surface area contributed by atoms with Crippen LogP contribution < -0.4 is 10.6 Å². The lowest BCUT2D eigenvalue weighted by atomic mass is 10.2. The zero-order chi connectivity index (χ0) is 13.0. The van der Waals surface area contributed by atoms with Gasteiger partial charge in [-0.3, -0.25) is 5.32 Å². The zero-order valence-electron chi connectivity index (χ0n) is 9.77. The number of rotatable bonds is 2. The lowest BCUT2D eigenvalue weighted by Gasteiger charge is -2.07. The fourth-order valence-corrected chi connectivity index (χ4v) is 1.72. The van der Waals surface area contributed by atoms with Crippen molar-refractivity contribution in [1.82, 2.24) is 4.98 Å². The fraction of sp³-hybridized carbons (Fsp3) is 0.0769. The Morgan fingerprint density at radius 3 is 2.56 bits per heavy atom. The molecule has 0 atom stereocenters. The third-order valence-corrected chi connectivity index (χ3v) is 2.77. The molecular formula is C13H12BrN3O. The number of anilines is 2. The van der Waals surface area contributed by atoms with E-state index in [4.69, 9.17) is 0 Å². The van der Waals surface area contributed by atoms with E-state index in [0.717, 1.165) is 15.7 Å². The van der Waals surface area contributed by atoms with Gasteiger partial charge in [0.05, 0.1) is 0 Å². The molecule has 2 amide bonds. The molecule has 0 aliphatic rings. The maximum atomic E-state index is 11.7. The highest BCUT2D eigenvalue weighted by atomic mass is 79.9. The number of urea groups is 1. The van der Waals surface area contributed by atoms with E-state index in [0.29, 0.717) is 5.82 Å². The summed E-state index contributed by atoms with van der Waals surface area (Å²) >= 11 is 3.32. The van der Waals surface area contributed by atoms with Crippen LogP contribution in [0.2, 0.25) is 0 Å². The molecule has 1 aromatic heterocycles. The van der Waals surface area contributed by atoms with Crippen molar-refractivity contribution in [2.75, 3.05) is 10.6 Å². The molecule has 5 heteroatoms. The molecule has 1 heterocycles. The molecule has 0 unspecified atom stereocenters. The Labute approximate surface area is 114 Å². The van der Waals surface area contributed by atoms with Gasteiger partial charge in [0.1, 0.15) is 5.82 Å². The summed E-state index contributed by atoms with van der Waals surface area (Å²) in [6, 6.07) is 10.8. The number of hydrogen-bond acceptors (Lipinski definition) is 2. The highest BCUT2D eigenvalue weighted by Gasteiger charge is 2.03. The van der Waals surface area contributed by atoms with Crippen LogP contribution in [0.3, 0.4) is 0 Å². The molecule has 0 bridgehead atoms. The summed E-state index contributed by atoms with van der Waals surface area (Å²) in [6.07, 6.45) is 1.62. The molecule has 0 spiro atoms. The van der Waals surface area contributed by atoms with E-state index in [1.165, 1.54) is 0 Å². The van der Waals surface area contributed by atoms with E-state index < -0.39 is 0 Å². The average Bonchev–Trinajstić information content (AvgIpc) is 2.32. The van der Waals surface area contributed by atoms with Crippen LogP contribution in [0.15, 0.2) is 47.1 Å². The molecule has 2 rings (SSSR count). The highest BCUT2D eigenvalue weighted by Crippen LogP contribution is 2.13. The predicted octanol–water partition coefficient (Wildman–Crippen LogP) is 3.80. The normalized spacial score (nSPS) is 9.89. The molecule has 2 N–H and O–H groups in total. The Kier molecular flexibility index (Phi) is 3.94. The Balaban J connectivity index is 1.98. The van der Waals surface area contributed by atoms with Gasteiger partial charge in [-0.05, 0) is 31.2 Å². The summed E-state index contributed by atoms with van der Waals surface area (Å²) in [5.74, 6) is 0.494. The number of carbonyl (C=O) groups is 1. The topological polar surface area (TPSA) is 54.0 Å². The number of nitrogens with zero attached hydrogens (tertiary/aromatic N) is 1. The van der Waals surface area contributed by atoms with Gasteiger partial charge in [-0.25, -0.2) is 9.78 Å². The number of amides is 2. The van der Waals surface area contributed by atoms with E-state index in [2.05, 4.69) is 31.5 Å². The van der Waals surface area contributed by atoms with E-state index in [1.54, 1.807) is 18.3 Å². The summed E-state index contributed by atoms with van der Waals surface area (Å²) in [5, 5.41) is 5.39. The van der Waals surface area contributed by atoms with Crippen LogP contribution >= 0.6 is 15.9 Å². The second-order valence-electron chi connectivity index (χ2n) is 3.80. The minimum absolute atomic E-state index is 0.315. The summed E-state index contributed by atoms with van der Waals surface area (Å²) in [5.41, 5.74) is 1.89. The first kappa shape index (κ1) is 12.6. The summed E-state index contributed by atoms with van der Waals surface area (Å²) in [7, 11) is 0. The standard InChI is InChI=1S/C13H12BrN3O/c1-9-2-4-11(5-3-9)16-13(18)17-12-8-10(14)6-7-15-12/h2-8H,1H3,(H2,15,16,17,18). The Morgan fingerprint density at radius 2 is 1.89 bits per heavy atom. The Morgan fingerprint density at radius 1 is 1.17 bits per heavy atom. The molecule has 0 aliphatic heterocycles.